The average molecular weight is 1050 g/mol. The molecule has 0 N–H and O–H groups in total. The number of fused-ring (bicyclic) bond motifs is 12. The van der Waals surface area contributed by atoms with Gasteiger partial charge in [0.25, 0.3) is 0 Å². The van der Waals surface area contributed by atoms with Crippen molar-refractivity contribution in [2.75, 3.05) is 58.9 Å². The molecule has 2 spiro atoms. The first kappa shape index (κ1) is 51.3. The van der Waals surface area contributed by atoms with Crippen LogP contribution >= 0.6 is 0 Å². The summed E-state index contributed by atoms with van der Waals surface area (Å²) in [6.45, 7) is 26.6. The molecule has 4 aliphatic rings. The zero-order valence-electron chi connectivity index (χ0n) is 47.0. The Morgan fingerprint density at radius 3 is 1.11 bits per heavy atom. The number of carbonyl (C=O) groups excluding carboxylic acids is 2. The van der Waals surface area contributed by atoms with Crippen LogP contribution in [0.15, 0.2) is 158 Å². The molecule has 400 valence electrons. The minimum absolute atomic E-state index is 0.335. The van der Waals surface area contributed by atoms with Crippen LogP contribution in [-0.2, 0) is 26.1 Å². The summed E-state index contributed by atoms with van der Waals surface area (Å²) in [6, 6.07) is 54.4. The minimum atomic E-state index is -1.18. The van der Waals surface area contributed by atoms with Crippen LogP contribution in [-0.4, -0.2) is 51.2 Å². The van der Waals surface area contributed by atoms with E-state index in [1.54, 1.807) is 0 Å². The van der Waals surface area contributed by atoms with Gasteiger partial charge in [0.05, 0.1) is 11.1 Å². The quantitative estimate of drug-likeness (QED) is 0.0982. The summed E-state index contributed by atoms with van der Waals surface area (Å²) in [4.78, 5) is 36.9. The molecule has 8 aromatic rings. The summed E-state index contributed by atoms with van der Waals surface area (Å²) in [5, 5.41) is 0. The van der Waals surface area contributed by atoms with Crippen LogP contribution in [0.1, 0.15) is 132 Å². The molecule has 0 fully saturated rings. The van der Waals surface area contributed by atoms with Crippen molar-refractivity contribution in [3.8, 4) is 23.0 Å². The Labute approximate surface area is 464 Å². The highest BCUT2D eigenvalue weighted by Gasteiger charge is 2.55. The first-order valence-electron chi connectivity index (χ1n) is 28.1. The van der Waals surface area contributed by atoms with Gasteiger partial charge in [-0.05, 0) is 163 Å². The van der Waals surface area contributed by atoms with E-state index in [4.69, 9.17) is 18.9 Å². The van der Waals surface area contributed by atoms with Gasteiger partial charge in [-0.2, -0.15) is 0 Å². The van der Waals surface area contributed by atoms with E-state index >= 15 is 0 Å². The molecule has 8 aromatic carbocycles. The van der Waals surface area contributed by atoms with Crippen LogP contribution in [0.2, 0.25) is 0 Å². The van der Waals surface area contributed by atoms with Crippen LogP contribution in [0.5, 0.6) is 23.0 Å². The molecule has 79 heavy (non-hydrogen) atoms. The van der Waals surface area contributed by atoms with E-state index in [-0.39, 0.29) is 17.4 Å². The Balaban J connectivity index is 0.848. The molecule has 0 radical (unpaired) electrons. The number of esters is 2. The normalized spacial score (nSPS) is 17.1. The highest BCUT2D eigenvalue weighted by molar-refractivity contribution is 5.98. The number of hydrogen-bond donors (Lipinski definition) is 0. The van der Waals surface area contributed by atoms with Crippen molar-refractivity contribution in [1.29, 1.82) is 0 Å². The van der Waals surface area contributed by atoms with Crippen molar-refractivity contribution >= 4 is 46.1 Å². The largest absolute Gasteiger partial charge is 0.456 e. The molecule has 0 saturated heterocycles. The van der Waals surface area contributed by atoms with Gasteiger partial charge in [-0.3, -0.25) is 0 Å². The topological polar surface area (TPSA) is 84.0 Å². The minimum Gasteiger partial charge on any atom is -0.456 e. The van der Waals surface area contributed by atoms with Gasteiger partial charge in [-0.25, -0.2) is 9.59 Å². The molecule has 0 amide bonds. The summed E-state index contributed by atoms with van der Waals surface area (Å²) in [5.41, 5.74) is 14.0. The molecule has 10 heteroatoms. The molecule has 2 unspecified atom stereocenters. The Morgan fingerprint density at radius 2 is 0.747 bits per heavy atom. The monoisotopic (exact) mass is 1050 g/mol. The summed E-state index contributed by atoms with van der Waals surface area (Å²) in [7, 11) is 0. The van der Waals surface area contributed by atoms with Gasteiger partial charge >= 0.3 is 11.9 Å². The average Bonchev–Trinajstić information content (AvgIpc) is 4.03. The summed E-state index contributed by atoms with van der Waals surface area (Å²) >= 11 is 0. The number of carbonyl (C=O) groups is 2. The fraction of sp³-hybridized carbons (Fsp3) is 0.275. The maximum Gasteiger partial charge on any atom is 0.340 e. The number of anilines is 6. The van der Waals surface area contributed by atoms with E-state index in [0.29, 0.717) is 47.2 Å². The van der Waals surface area contributed by atoms with E-state index in [1.165, 1.54) is 11.1 Å². The third kappa shape index (κ3) is 7.80. The van der Waals surface area contributed by atoms with E-state index in [2.05, 4.69) is 198 Å². The summed E-state index contributed by atoms with van der Waals surface area (Å²) < 4.78 is 26.9. The standard InChI is InChI=1S/C69H68N4O6/c1-11-70(12-2)49-33-35-55-63(39-49)76-61-37-43(7)59(41-57(61)68(55)53-23-19-17-21-51(53)65(74)78-68)72(15-5)47-29-25-45(26-30-47)67(9,10)46-27-31-48(32-28-46)73(16-6)60-42-58-62(38-44(60)8)77-64-40-50(71(13-3)14-4)34-36-56(64)69(58)54-24-20-18-22-52(54)66(75)79-69/h17-42H,11-16H2,1-10H3. The lowest BCUT2D eigenvalue weighted by Crippen LogP contribution is -2.34. The molecule has 4 aliphatic heterocycles. The Kier molecular flexibility index (Phi) is 12.6. The fourth-order valence-corrected chi connectivity index (χ4v) is 13.0. The van der Waals surface area contributed by atoms with Crippen molar-refractivity contribution in [2.24, 2.45) is 0 Å². The number of aryl methyl sites for hydroxylation is 2. The molecular formula is C69H68N4O6. The van der Waals surface area contributed by atoms with E-state index in [9.17, 15) is 9.59 Å². The van der Waals surface area contributed by atoms with Crippen LogP contribution in [0.3, 0.4) is 0 Å². The second-order valence-electron chi connectivity index (χ2n) is 21.6. The van der Waals surface area contributed by atoms with Gasteiger partial charge < -0.3 is 38.5 Å². The van der Waals surface area contributed by atoms with Gasteiger partial charge in [0.15, 0.2) is 11.2 Å². The lowest BCUT2D eigenvalue weighted by molar-refractivity contribution is 0.0214. The summed E-state index contributed by atoms with van der Waals surface area (Å²) in [5.74, 6) is 2.04. The predicted molar refractivity (Wildman–Crippen MR) is 316 cm³/mol. The number of rotatable bonds is 14. The molecule has 4 heterocycles. The molecule has 0 bridgehead atoms. The lowest BCUT2D eigenvalue weighted by atomic mass is 9.77. The molecule has 0 saturated carbocycles. The van der Waals surface area contributed by atoms with Crippen molar-refractivity contribution in [2.45, 2.75) is 85.9 Å². The highest BCUT2D eigenvalue weighted by atomic mass is 16.6. The van der Waals surface area contributed by atoms with E-state index in [0.717, 1.165) is 105 Å². The SMILES string of the molecule is CCN(CC)c1ccc2c(c1)Oc1cc(C)c(N(CC)c3ccc(C(C)(C)c4ccc(N(CC)c5cc6c(cc5C)Oc5cc(N(CC)CC)ccc5C65OC(=O)c6ccccc65)cc4)cc3)cc1C21OC(=O)c2ccccc21. The van der Waals surface area contributed by atoms with E-state index in [1.807, 2.05) is 48.5 Å². The third-order valence-corrected chi connectivity index (χ3v) is 17.3. The van der Waals surface area contributed by atoms with Gasteiger partial charge in [0.2, 0.25) is 0 Å². The Bertz CT molecular complexity index is 3490. The molecule has 2 atom stereocenters. The lowest BCUT2D eigenvalue weighted by Gasteiger charge is -2.38. The zero-order chi connectivity index (χ0) is 55.1. The van der Waals surface area contributed by atoms with Gasteiger partial charge in [-0.15, -0.1) is 0 Å². The fourth-order valence-electron chi connectivity index (χ4n) is 13.0. The van der Waals surface area contributed by atoms with Crippen molar-refractivity contribution < 1.29 is 28.5 Å². The summed E-state index contributed by atoms with van der Waals surface area (Å²) in [6.07, 6.45) is 0. The smallest absolute Gasteiger partial charge is 0.340 e. The maximum atomic E-state index is 13.8. The first-order chi connectivity index (χ1) is 38.2. The number of hydrogen-bond acceptors (Lipinski definition) is 10. The van der Waals surface area contributed by atoms with Crippen LogP contribution < -0.4 is 29.1 Å². The molecule has 12 rings (SSSR count). The first-order valence-corrected chi connectivity index (χ1v) is 28.1. The second kappa shape index (κ2) is 19.4. The van der Waals surface area contributed by atoms with Gasteiger partial charge in [-0.1, -0.05) is 74.5 Å². The van der Waals surface area contributed by atoms with Crippen molar-refractivity contribution in [1.82, 2.24) is 0 Å². The Morgan fingerprint density at radius 1 is 0.392 bits per heavy atom. The Hall–Kier alpha value is -8.50. The highest BCUT2D eigenvalue weighted by Crippen LogP contribution is 2.60. The number of nitrogens with zero attached hydrogens (tertiary/aromatic N) is 4. The molecule has 0 aromatic heterocycles. The third-order valence-electron chi connectivity index (χ3n) is 17.3. The van der Waals surface area contributed by atoms with Crippen LogP contribution in [0.25, 0.3) is 0 Å². The number of benzene rings is 8. The van der Waals surface area contributed by atoms with E-state index < -0.39 is 11.2 Å². The second-order valence-corrected chi connectivity index (χ2v) is 21.6. The molecule has 10 nitrogen and oxygen atoms in total. The van der Waals surface area contributed by atoms with Crippen LogP contribution in [0, 0.1) is 13.8 Å². The van der Waals surface area contributed by atoms with Crippen LogP contribution in [0.4, 0.5) is 34.1 Å². The van der Waals surface area contributed by atoms with Crippen molar-refractivity contribution in [3.63, 3.8) is 0 Å². The van der Waals surface area contributed by atoms with Gasteiger partial charge in [0, 0.05) is 124 Å². The van der Waals surface area contributed by atoms with Gasteiger partial charge in [0.1, 0.15) is 23.0 Å². The maximum absolute atomic E-state index is 13.8. The predicted octanol–water partition coefficient (Wildman–Crippen LogP) is 15.8. The van der Waals surface area contributed by atoms with Crippen molar-refractivity contribution in [3.05, 3.63) is 224 Å². The molecule has 0 aliphatic carbocycles. The number of ether oxygens (including phenoxy) is 4. The molecular weight excluding hydrogens is 981 g/mol. The zero-order valence-corrected chi connectivity index (χ0v) is 47.0.